The highest BCUT2D eigenvalue weighted by atomic mass is 16.4. The third kappa shape index (κ3) is 5.55. The van der Waals surface area contributed by atoms with Gasteiger partial charge in [-0.15, -0.1) is 0 Å². The number of aliphatic carboxylic acids is 1. The number of carbonyl (C=O) groups is 2. The molecular formula is C15H21NO3. The molecule has 1 rings (SSSR count). The first-order chi connectivity index (χ1) is 9.00. The third-order valence-corrected chi connectivity index (χ3v) is 3.20. The van der Waals surface area contributed by atoms with Crippen molar-refractivity contribution < 1.29 is 14.7 Å². The number of nitrogens with one attached hydrogen (secondary N) is 1. The normalized spacial score (nSPS) is 13.6. The number of carboxylic acids is 1. The molecule has 0 aliphatic rings. The minimum Gasteiger partial charge on any atom is -0.481 e. The van der Waals surface area contributed by atoms with E-state index >= 15 is 0 Å². The molecule has 0 aliphatic heterocycles. The Labute approximate surface area is 113 Å². The Kier molecular flexibility index (Phi) is 6.06. The maximum atomic E-state index is 11.6. The highest BCUT2D eigenvalue weighted by molar-refractivity contribution is 5.77. The predicted molar refractivity (Wildman–Crippen MR) is 73.9 cm³/mol. The number of hydrogen-bond acceptors (Lipinski definition) is 2. The summed E-state index contributed by atoms with van der Waals surface area (Å²) in [6, 6.07) is 10.0. The average molecular weight is 263 g/mol. The second-order valence-electron chi connectivity index (χ2n) is 4.89. The number of carbonyl (C=O) groups excluding carboxylic acids is 1. The van der Waals surface area contributed by atoms with Crippen LogP contribution in [0.5, 0.6) is 0 Å². The molecule has 2 unspecified atom stereocenters. The molecule has 1 amide bonds. The molecular weight excluding hydrogens is 242 g/mol. The van der Waals surface area contributed by atoms with Crippen molar-refractivity contribution >= 4 is 11.9 Å². The van der Waals surface area contributed by atoms with Gasteiger partial charge in [0, 0.05) is 13.0 Å². The van der Waals surface area contributed by atoms with Crippen LogP contribution in [0.2, 0.25) is 0 Å². The molecule has 1 aromatic rings. The van der Waals surface area contributed by atoms with E-state index < -0.39 is 11.9 Å². The molecule has 0 spiro atoms. The molecule has 0 aliphatic carbocycles. The van der Waals surface area contributed by atoms with Gasteiger partial charge in [-0.3, -0.25) is 9.59 Å². The van der Waals surface area contributed by atoms with Gasteiger partial charge in [0.05, 0.1) is 5.92 Å². The van der Waals surface area contributed by atoms with Gasteiger partial charge in [-0.2, -0.15) is 0 Å². The molecule has 0 aromatic heterocycles. The van der Waals surface area contributed by atoms with Gasteiger partial charge in [-0.1, -0.05) is 44.2 Å². The van der Waals surface area contributed by atoms with Gasteiger partial charge < -0.3 is 10.4 Å². The van der Waals surface area contributed by atoms with Crippen LogP contribution in [0, 0.1) is 5.92 Å². The van der Waals surface area contributed by atoms with Crippen LogP contribution in [-0.2, 0) is 9.59 Å². The zero-order chi connectivity index (χ0) is 14.3. The maximum Gasteiger partial charge on any atom is 0.308 e. The van der Waals surface area contributed by atoms with Crippen LogP contribution in [0.3, 0.4) is 0 Å². The molecule has 1 aromatic carbocycles. The zero-order valence-corrected chi connectivity index (χ0v) is 11.4. The van der Waals surface area contributed by atoms with E-state index in [4.69, 9.17) is 5.11 Å². The van der Waals surface area contributed by atoms with Crippen LogP contribution in [0.15, 0.2) is 30.3 Å². The van der Waals surface area contributed by atoms with Crippen LogP contribution in [0.25, 0.3) is 0 Å². The number of benzene rings is 1. The molecule has 19 heavy (non-hydrogen) atoms. The molecule has 4 nitrogen and oxygen atoms in total. The monoisotopic (exact) mass is 263 g/mol. The van der Waals surface area contributed by atoms with Crippen molar-refractivity contribution in [2.45, 2.75) is 32.6 Å². The molecule has 0 saturated carbocycles. The Bertz CT molecular complexity index is 417. The van der Waals surface area contributed by atoms with Gasteiger partial charge in [0.2, 0.25) is 5.91 Å². The molecule has 4 heteroatoms. The summed E-state index contributed by atoms with van der Waals surface area (Å²) in [5.74, 6) is -1.20. The standard InChI is InChI=1S/C15H21NO3/c1-11(13-6-4-3-5-7-13)8-9-14(17)16-10-12(2)15(18)19/h3-7,11-12H,8-10H2,1-2H3,(H,16,17)(H,18,19). The average Bonchev–Trinajstić information content (AvgIpc) is 2.42. The van der Waals surface area contributed by atoms with E-state index in [0.717, 1.165) is 6.42 Å². The summed E-state index contributed by atoms with van der Waals surface area (Å²) >= 11 is 0. The lowest BCUT2D eigenvalue weighted by Crippen LogP contribution is -2.31. The predicted octanol–water partition coefficient (Wildman–Crippen LogP) is 2.41. The van der Waals surface area contributed by atoms with Crippen molar-refractivity contribution in [3.63, 3.8) is 0 Å². The smallest absolute Gasteiger partial charge is 0.308 e. The fraction of sp³-hybridized carbons (Fsp3) is 0.467. The minimum absolute atomic E-state index is 0.0871. The van der Waals surface area contributed by atoms with Crippen molar-refractivity contribution in [1.29, 1.82) is 0 Å². The van der Waals surface area contributed by atoms with E-state index in [1.165, 1.54) is 5.56 Å². The summed E-state index contributed by atoms with van der Waals surface area (Å²) in [5.41, 5.74) is 1.22. The van der Waals surface area contributed by atoms with Crippen LogP contribution in [0.4, 0.5) is 0 Å². The molecule has 0 heterocycles. The van der Waals surface area contributed by atoms with Gasteiger partial charge in [-0.05, 0) is 17.9 Å². The van der Waals surface area contributed by atoms with Gasteiger partial charge in [0.1, 0.15) is 0 Å². The highest BCUT2D eigenvalue weighted by Gasteiger charge is 2.13. The van der Waals surface area contributed by atoms with Crippen molar-refractivity contribution in [2.24, 2.45) is 5.92 Å². The van der Waals surface area contributed by atoms with Crippen molar-refractivity contribution in [3.05, 3.63) is 35.9 Å². The molecule has 104 valence electrons. The Morgan fingerprint density at radius 2 is 1.84 bits per heavy atom. The van der Waals surface area contributed by atoms with Crippen LogP contribution in [0.1, 0.15) is 38.2 Å². The third-order valence-electron chi connectivity index (χ3n) is 3.20. The quantitative estimate of drug-likeness (QED) is 0.794. The fourth-order valence-electron chi connectivity index (χ4n) is 1.74. The van der Waals surface area contributed by atoms with E-state index in [2.05, 4.69) is 24.4 Å². The maximum absolute atomic E-state index is 11.6. The Morgan fingerprint density at radius 3 is 2.42 bits per heavy atom. The van der Waals surface area contributed by atoms with Gasteiger partial charge in [-0.25, -0.2) is 0 Å². The Hall–Kier alpha value is -1.84. The number of carboxylic acid groups (broad SMARTS) is 1. The SMILES string of the molecule is CC(CNC(=O)CCC(C)c1ccccc1)C(=O)O. The molecule has 0 fully saturated rings. The van der Waals surface area contributed by atoms with Crippen molar-refractivity contribution in [2.75, 3.05) is 6.54 Å². The van der Waals surface area contributed by atoms with E-state index in [9.17, 15) is 9.59 Å². The first-order valence-electron chi connectivity index (χ1n) is 6.55. The van der Waals surface area contributed by atoms with Crippen LogP contribution >= 0.6 is 0 Å². The molecule has 2 N–H and O–H groups in total. The van der Waals surface area contributed by atoms with E-state index in [-0.39, 0.29) is 12.5 Å². The summed E-state index contributed by atoms with van der Waals surface area (Å²) < 4.78 is 0. The van der Waals surface area contributed by atoms with Crippen LogP contribution < -0.4 is 5.32 Å². The lowest BCUT2D eigenvalue weighted by atomic mass is 9.96. The molecule has 0 bridgehead atoms. The zero-order valence-electron chi connectivity index (χ0n) is 11.4. The van der Waals surface area contributed by atoms with E-state index in [1.54, 1.807) is 6.92 Å². The summed E-state index contributed by atoms with van der Waals surface area (Å²) in [7, 11) is 0. The number of rotatable bonds is 7. The van der Waals surface area contributed by atoms with E-state index in [0.29, 0.717) is 12.3 Å². The Morgan fingerprint density at radius 1 is 1.21 bits per heavy atom. The van der Waals surface area contributed by atoms with Gasteiger partial charge >= 0.3 is 5.97 Å². The second-order valence-corrected chi connectivity index (χ2v) is 4.89. The minimum atomic E-state index is -0.891. The van der Waals surface area contributed by atoms with Gasteiger partial charge in [0.25, 0.3) is 0 Å². The largest absolute Gasteiger partial charge is 0.481 e. The van der Waals surface area contributed by atoms with Crippen LogP contribution in [-0.4, -0.2) is 23.5 Å². The van der Waals surface area contributed by atoms with Gasteiger partial charge in [0.15, 0.2) is 0 Å². The Balaban J connectivity index is 2.29. The van der Waals surface area contributed by atoms with Crippen molar-refractivity contribution in [3.8, 4) is 0 Å². The summed E-state index contributed by atoms with van der Waals surface area (Å²) in [6.07, 6.45) is 1.18. The summed E-state index contributed by atoms with van der Waals surface area (Å²) in [6.45, 7) is 3.85. The second kappa shape index (κ2) is 7.56. The first-order valence-corrected chi connectivity index (χ1v) is 6.55. The summed E-state index contributed by atoms with van der Waals surface area (Å²) in [4.78, 5) is 22.2. The first kappa shape index (κ1) is 15.2. The lowest BCUT2D eigenvalue weighted by Gasteiger charge is -2.12. The number of amides is 1. The number of hydrogen-bond donors (Lipinski definition) is 2. The lowest BCUT2D eigenvalue weighted by molar-refractivity contribution is -0.141. The molecule has 0 radical (unpaired) electrons. The van der Waals surface area contributed by atoms with E-state index in [1.807, 2.05) is 18.2 Å². The van der Waals surface area contributed by atoms with Crippen molar-refractivity contribution in [1.82, 2.24) is 5.32 Å². The topological polar surface area (TPSA) is 66.4 Å². The molecule has 2 atom stereocenters. The summed E-state index contributed by atoms with van der Waals surface area (Å²) in [5, 5.41) is 11.4. The fourth-order valence-corrected chi connectivity index (χ4v) is 1.74. The molecule has 0 saturated heterocycles. The highest BCUT2D eigenvalue weighted by Crippen LogP contribution is 2.19.